The van der Waals surface area contributed by atoms with Crippen LogP contribution in [0.25, 0.3) is 21.3 Å². The van der Waals surface area contributed by atoms with Gasteiger partial charge in [-0.2, -0.15) is 5.26 Å². The molecule has 0 aliphatic carbocycles. The molecule has 0 bridgehead atoms. The Morgan fingerprint density at radius 1 is 1.25 bits per heavy atom. The number of nitrogens with zero attached hydrogens (tertiary/aromatic N) is 3. The van der Waals surface area contributed by atoms with Crippen molar-refractivity contribution < 1.29 is 13.9 Å². The van der Waals surface area contributed by atoms with E-state index in [4.69, 9.17) is 14.4 Å². The molecule has 3 aromatic heterocycles. The normalized spacial score (nSPS) is 10.7. The maximum absolute atomic E-state index is 13.1. The molecule has 0 atom stereocenters. The topological polar surface area (TPSA) is 98.1 Å². The van der Waals surface area contributed by atoms with E-state index in [1.165, 1.54) is 28.2 Å². The Morgan fingerprint density at radius 2 is 2.07 bits per heavy atom. The number of rotatable bonds is 5. The predicted molar refractivity (Wildman–Crippen MR) is 103 cm³/mol. The molecule has 0 aliphatic heterocycles. The van der Waals surface area contributed by atoms with E-state index in [1.54, 1.807) is 6.07 Å². The van der Waals surface area contributed by atoms with Crippen molar-refractivity contribution >= 4 is 27.5 Å². The number of carbonyl (C=O) groups excluding carboxylic acids is 1. The maximum atomic E-state index is 13.1. The van der Waals surface area contributed by atoms with Crippen molar-refractivity contribution in [3.05, 3.63) is 76.0 Å². The minimum atomic E-state index is -0.668. The first-order chi connectivity index (χ1) is 13.7. The zero-order chi connectivity index (χ0) is 19.5. The van der Waals surface area contributed by atoms with Gasteiger partial charge in [0.25, 0.3) is 5.56 Å². The molecule has 0 saturated heterocycles. The lowest BCUT2D eigenvalue weighted by Crippen LogP contribution is -2.26. The number of nitriles is 1. The summed E-state index contributed by atoms with van der Waals surface area (Å²) in [5, 5.41) is 11.5. The van der Waals surface area contributed by atoms with Crippen LogP contribution in [0.4, 0.5) is 0 Å². The van der Waals surface area contributed by atoms with Crippen LogP contribution in [-0.2, 0) is 17.9 Å². The number of furan rings is 1. The second kappa shape index (κ2) is 7.50. The molecule has 8 heteroatoms. The summed E-state index contributed by atoms with van der Waals surface area (Å²) in [5.74, 6) is -0.405. The molecule has 0 fully saturated rings. The summed E-state index contributed by atoms with van der Waals surface area (Å²) in [6, 6.07) is 14.5. The minimum Gasteiger partial charge on any atom is -0.457 e. The summed E-state index contributed by atoms with van der Waals surface area (Å²) in [6.07, 6.45) is 1.36. The zero-order valence-electron chi connectivity index (χ0n) is 14.5. The fourth-order valence-corrected chi connectivity index (χ4v) is 3.79. The first-order valence-corrected chi connectivity index (χ1v) is 9.21. The largest absolute Gasteiger partial charge is 0.457 e. The quantitative estimate of drug-likeness (QED) is 0.482. The zero-order valence-corrected chi connectivity index (χ0v) is 15.3. The van der Waals surface area contributed by atoms with Crippen molar-refractivity contribution in [3.63, 3.8) is 0 Å². The third-order valence-electron chi connectivity index (χ3n) is 4.14. The van der Waals surface area contributed by atoms with Crippen molar-refractivity contribution in [2.45, 2.75) is 13.2 Å². The lowest BCUT2D eigenvalue weighted by atomic mass is 10.1. The van der Waals surface area contributed by atoms with Crippen LogP contribution in [0.3, 0.4) is 0 Å². The van der Waals surface area contributed by atoms with Gasteiger partial charge in [-0.05, 0) is 17.7 Å². The molecular formula is C20H13N3O4S. The molecule has 0 aliphatic rings. The van der Waals surface area contributed by atoms with Gasteiger partial charge in [0.1, 0.15) is 18.0 Å². The molecule has 0 unspecified atom stereocenters. The number of ether oxygens (including phenoxy) is 1. The second-order valence-electron chi connectivity index (χ2n) is 5.83. The van der Waals surface area contributed by atoms with Gasteiger partial charge in [-0.3, -0.25) is 9.36 Å². The number of thiophene rings is 1. The highest BCUT2D eigenvalue weighted by atomic mass is 32.1. The predicted octanol–water partition coefficient (Wildman–Crippen LogP) is 3.60. The molecule has 3 heterocycles. The number of esters is 1. The van der Waals surface area contributed by atoms with Crippen LogP contribution in [0.5, 0.6) is 0 Å². The average Bonchev–Trinajstić information content (AvgIpc) is 3.39. The standard InChI is InChI=1S/C20H13N3O4S/c21-8-9-23-16(11-27-20(25)15-7-4-10-26-15)22-18-17(19(23)24)14(12-28-18)13-5-2-1-3-6-13/h1-7,10,12H,9,11H2. The van der Waals surface area contributed by atoms with Gasteiger partial charge < -0.3 is 9.15 Å². The van der Waals surface area contributed by atoms with E-state index < -0.39 is 5.97 Å². The number of aromatic nitrogens is 2. The first kappa shape index (κ1) is 17.7. The maximum Gasteiger partial charge on any atom is 0.374 e. The van der Waals surface area contributed by atoms with Crippen LogP contribution >= 0.6 is 11.3 Å². The molecule has 0 amide bonds. The number of carbonyl (C=O) groups is 1. The van der Waals surface area contributed by atoms with Gasteiger partial charge in [-0.1, -0.05) is 30.3 Å². The van der Waals surface area contributed by atoms with Crippen molar-refractivity contribution in [1.29, 1.82) is 5.26 Å². The van der Waals surface area contributed by atoms with E-state index in [0.717, 1.165) is 11.1 Å². The lowest BCUT2D eigenvalue weighted by Gasteiger charge is -2.10. The van der Waals surface area contributed by atoms with Gasteiger partial charge >= 0.3 is 5.97 Å². The van der Waals surface area contributed by atoms with Gasteiger partial charge in [-0.15, -0.1) is 11.3 Å². The number of hydrogen-bond donors (Lipinski definition) is 0. The van der Waals surface area contributed by atoms with Crippen LogP contribution in [0.1, 0.15) is 16.4 Å². The van der Waals surface area contributed by atoms with Crippen molar-refractivity contribution in [2.75, 3.05) is 0 Å². The van der Waals surface area contributed by atoms with E-state index in [1.807, 2.05) is 41.8 Å². The Balaban J connectivity index is 1.75. The summed E-state index contributed by atoms with van der Waals surface area (Å²) in [7, 11) is 0. The van der Waals surface area contributed by atoms with Crippen molar-refractivity contribution in [1.82, 2.24) is 9.55 Å². The monoisotopic (exact) mass is 391 g/mol. The number of fused-ring (bicyclic) bond motifs is 1. The fraction of sp³-hybridized carbons (Fsp3) is 0.100. The molecule has 7 nitrogen and oxygen atoms in total. The van der Waals surface area contributed by atoms with Gasteiger partial charge in [0.2, 0.25) is 5.76 Å². The van der Waals surface area contributed by atoms with Gasteiger partial charge in [0.15, 0.2) is 5.82 Å². The number of hydrogen-bond acceptors (Lipinski definition) is 7. The van der Waals surface area contributed by atoms with Gasteiger partial charge in [-0.25, -0.2) is 9.78 Å². The molecular weight excluding hydrogens is 378 g/mol. The first-order valence-electron chi connectivity index (χ1n) is 8.33. The second-order valence-corrected chi connectivity index (χ2v) is 6.68. The van der Waals surface area contributed by atoms with Crippen LogP contribution in [-0.4, -0.2) is 15.5 Å². The summed E-state index contributed by atoms with van der Waals surface area (Å²) in [5.41, 5.74) is 1.33. The Labute approximate surface area is 163 Å². The lowest BCUT2D eigenvalue weighted by molar-refractivity contribution is 0.0421. The third-order valence-corrected chi connectivity index (χ3v) is 5.01. The highest BCUT2D eigenvalue weighted by Gasteiger charge is 2.18. The molecule has 0 spiro atoms. The highest BCUT2D eigenvalue weighted by molar-refractivity contribution is 7.17. The molecule has 4 rings (SSSR count). The molecule has 0 radical (unpaired) electrons. The van der Waals surface area contributed by atoms with Crippen LogP contribution in [0.2, 0.25) is 0 Å². The van der Waals surface area contributed by atoms with E-state index in [2.05, 4.69) is 4.98 Å². The fourth-order valence-electron chi connectivity index (χ4n) is 2.84. The van der Waals surface area contributed by atoms with E-state index in [-0.39, 0.29) is 30.3 Å². The van der Waals surface area contributed by atoms with E-state index in [0.29, 0.717) is 10.2 Å². The molecule has 0 N–H and O–H groups in total. The summed E-state index contributed by atoms with van der Waals surface area (Å²) in [4.78, 5) is 30.1. The van der Waals surface area contributed by atoms with Gasteiger partial charge in [0.05, 0.1) is 17.7 Å². The molecule has 28 heavy (non-hydrogen) atoms. The smallest absolute Gasteiger partial charge is 0.374 e. The van der Waals surface area contributed by atoms with E-state index in [9.17, 15) is 9.59 Å². The third kappa shape index (κ3) is 3.19. The Hall–Kier alpha value is -3.70. The van der Waals surface area contributed by atoms with Crippen molar-refractivity contribution in [3.8, 4) is 17.2 Å². The van der Waals surface area contributed by atoms with Crippen LogP contribution in [0.15, 0.2) is 63.3 Å². The summed E-state index contributed by atoms with van der Waals surface area (Å²) >= 11 is 1.33. The SMILES string of the molecule is N#CCn1c(COC(=O)c2ccco2)nc2scc(-c3ccccc3)c2c1=O. The molecule has 138 valence electrons. The van der Waals surface area contributed by atoms with Crippen molar-refractivity contribution in [2.24, 2.45) is 0 Å². The van der Waals surface area contributed by atoms with Gasteiger partial charge in [0, 0.05) is 10.9 Å². The minimum absolute atomic E-state index is 0.0535. The Kier molecular flexibility index (Phi) is 4.74. The van der Waals surface area contributed by atoms with Crippen LogP contribution < -0.4 is 5.56 Å². The average molecular weight is 391 g/mol. The molecule has 1 aromatic carbocycles. The summed E-state index contributed by atoms with van der Waals surface area (Å²) < 4.78 is 11.4. The Morgan fingerprint density at radius 3 is 2.79 bits per heavy atom. The van der Waals surface area contributed by atoms with Crippen LogP contribution in [0, 0.1) is 11.3 Å². The summed E-state index contributed by atoms with van der Waals surface area (Å²) in [6.45, 7) is -0.440. The molecule has 4 aromatic rings. The number of benzene rings is 1. The Bertz CT molecular complexity index is 1230. The molecule has 0 saturated carbocycles. The van der Waals surface area contributed by atoms with E-state index >= 15 is 0 Å². The highest BCUT2D eigenvalue weighted by Crippen LogP contribution is 2.30.